The second kappa shape index (κ2) is 3.14. The van der Waals surface area contributed by atoms with Gasteiger partial charge in [0.25, 0.3) is 0 Å². The molecule has 1 saturated carbocycles. The standard InChI is InChI=1S/C10H18F2N2/c1-14-4-2-9(3-5-14)7-10(11,12)6-8(9)13/h8H,2-7,13H2,1H3/t8-/m1/s1. The molecule has 2 nitrogen and oxygen atoms in total. The molecule has 0 aromatic carbocycles. The summed E-state index contributed by atoms with van der Waals surface area (Å²) in [7, 11) is 2.03. The van der Waals surface area contributed by atoms with Gasteiger partial charge in [-0.3, -0.25) is 0 Å². The lowest BCUT2D eigenvalue weighted by Gasteiger charge is -2.40. The van der Waals surface area contributed by atoms with Crippen LogP contribution in [0.5, 0.6) is 0 Å². The molecule has 1 heterocycles. The van der Waals surface area contributed by atoms with Crippen LogP contribution in [0.4, 0.5) is 8.78 Å². The van der Waals surface area contributed by atoms with E-state index in [2.05, 4.69) is 4.90 Å². The van der Waals surface area contributed by atoms with Gasteiger partial charge in [0.15, 0.2) is 0 Å². The number of hydrogen-bond donors (Lipinski definition) is 1. The van der Waals surface area contributed by atoms with E-state index < -0.39 is 5.92 Å². The van der Waals surface area contributed by atoms with Crippen molar-refractivity contribution < 1.29 is 8.78 Å². The molecule has 0 amide bonds. The minimum Gasteiger partial charge on any atom is -0.327 e. The van der Waals surface area contributed by atoms with Crippen molar-refractivity contribution in [2.24, 2.45) is 11.1 Å². The summed E-state index contributed by atoms with van der Waals surface area (Å²) in [4.78, 5) is 2.19. The Hall–Kier alpha value is -0.220. The predicted octanol–water partition coefficient (Wildman–Crippen LogP) is 1.45. The van der Waals surface area contributed by atoms with Gasteiger partial charge in [0.05, 0.1) is 0 Å². The highest BCUT2D eigenvalue weighted by molar-refractivity contribution is 5.03. The fourth-order valence-corrected chi connectivity index (χ4v) is 2.87. The van der Waals surface area contributed by atoms with E-state index in [4.69, 9.17) is 5.73 Å². The molecule has 1 aliphatic heterocycles. The Morgan fingerprint density at radius 2 is 1.86 bits per heavy atom. The van der Waals surface area contributed by atoms with Crippen LogP contribution in [-0.4, -0.2) is 37.0 Å². The molecule has 1 atom stereocenters. The first-order chi connectivity index (χ1) is 6.44. The molecule has 0 aromatic heterocycles. The average Bonchev–Trinajstić information content (AvgIpc) is 2.29. The molecule has 0 aromatic rings. The summed E-state index contributed by atoms with van der Waals surface area (Å²) >= 11 is 0. The topological polar surface area (TPSA) is 29.3 Å². The van der Waals surface area contributed by atoms with E-state index in [-0.39, 0.29) is 24.3 Å². The highest BCUT2D eigenvalue weighted by atomic mass is 19.3. The van der Waals surface area contributed by atoms with Crippen LogP contribution >= 0.6 is 0 Å². The molecule has 2 aliphatic rings. The highest BCUT2D eigenvalue weighted by Crippen LogP contribution is 2.51. The van der Waals surface area contributed by atoms with Gasteiger partial charge in [-0.05, 0) is 38.4 Å². The fraction of sp³-hybridized carbons (Fsp3) is 1.00. The zero-order valence-corrected chi connectivity index (χ0v) is 8.60. The van der Waals surface area contributed by atoms with Gasteiger partial charge >= 0.3 is 0 Å². The molecule has 0 bridgehead atoms. The molecule has 2 fully saturated rings. The summed E-state index contributed by atoms with van der Waals surface area (Å²) in [5.41, 5.74) is 5.60. The minimum atomic E-state index is -2.52. The van der Waals surface area contributed by atoms with Gasteiger partial charge < -0.3 is 10.6 Å². The predicted molar refractivity (Wildman–Crippen MR) is 51.3 cm³/mol. The Morgan fingerprint density at radius 1 is 1.29 bits per heavy atom. The van der Waals surface area contributed by atoms with Crippen molar-refractivity contribution in [3.8, 4) is 0 Å². The van der Waals surface area contributed by atoms with Crippen LogP contribution in [0.25, 0.3) is 0 Å². The quantitative estimate of drug-likeness (QED) is 0.647. The number of likely N-dealkylation sites (tertiary alicyclic amines) is 1. The summed E-state index contributed by atoms with van der Waals surface area (Å²) in [5, 5.41) is 0. The third kappa shape index (κ3) is 1.65. The van der Waals surface area contributed by atoms with Crippen molar-refractivity contribution in [3.63, 3.8) is 0 Å². The minimum absolute atomic E-state index is 0.00894. The highest BCUT2D eigenvalue weighted by Gasteiger charge is 2.54. The molecule has 1 aliphatic carbocycles. The number of alkyl halides is 2. The molecule has 1 spiro atoms. The zero-order valence-electron chi connectivity index (χ0n) is 8.60. The van der Waals surface area contributed by atoms with Gasteiger partial charge in [0.1, 0.15) is 0 Å². The Kier molecular flexibility index (Phi) is 2.31. The lowest BCUT2D eigenvalue weighted by atomic mass is 9.74. The molecule has 0 radical (unpaired) electrons. The molecule has 4 heteroatoms. The lowest BCUT2D eigenvalue weighted by molar-refractivity contribution is -0.0121. The van der Waals surface area contributed by atoms with Crippen LogP contribution < -0.4 is 5.73 Å². The Balaban J connectivity index is 2.09. The number of nitrogens with two attached hydrogens (primary N) is 1. The first-order valence-corrected chi connectivity index (χ1v) is 5.26. The van der Waals surface area contributed by atoms with Crippen LogP contribution in [0.1, 0.15) is 25.7 Å². The summed E-state index contributed by atoms with van der Waals surface area (Å²) in [6.07, 6.45) is 1.56. The SMILES string of the molecule is CN1CCC2(CC1)CC(F)(F)C[C@H]2N. The van der Waals surface area contributed by atoms with E-state index in [0.717, 1.165) is 25.9 Å². The summed E-state index contributed by atoms with van der Waals surface area (Å²) in [6.45, 7) is 1.81. The van der Waals surface area contributed by atoms with E-state index in [9.17, 15) is 8.78 Å². The average molecular weight is 204 g/mol. The monoisotopic (exact) mass is 204 g/mol. The normalized spacial score (nSPS) is 36.4. The van der Waals surface area contributed by atoms with Crippen LogP contribution in [0.3, 0.4) is 0 Å². The van der Waals surface area contributed by atoms with Crippen molar-refractivity contribution in [1.82, 2.24) is 4.90 Å². The van der Waals surface area contributed by atoms with Crippen LogP contribution in [0.2, 0.25) is 0 Å². The number of rotatable bonds is 0. The third-order valence-electron chi connectivity index (χ3n) is 3.90. The van der Waals surface area contributed by atoms with Crippen LogP contribution in [0, 0.1) is 5.41 Å². The molecular formula is C10H18F2N2. The number of piperidine rings is 1. The van der Waals surface area contributed by atoms with Gasteiger partial charge in [0.2, 0.25) is 5.92 Å². The molecule has 1 saturated heterocycles. The smallest absolute Gasteiger partial charge is 0.250 e. The van der Waals surface area contributed by atoms with Crippen molar-refractivity contribution >= 4 is 0 Å². The number of halogens is 2. The van der Waals surface area contributed by atoms with Crippen LogP contribution in [-0.2, 0) is 0 Å². The van der Waals surface area contributed by atoms with Crippen molar-refractivity contribution in [2.75, 3.05) is 20.1 Å². The number of hydrogen-bond acceptors (Lipinski definition) is 2. The fourth-order valence-electron chi connectivity index (χ4n) is 2.87. The van der Waals surface area contributed by atoms with E-state index >= 15 is 0 Å². The number of nitrogens with zero attached hydrogens (tertiary/aromatic N) is 1. The maximum atomic E-state index is 13.2. The van der Waals surface area contributed by atoms with E-state index in [1.165, 1.54) is 0 Å². The largest absolute Gasteiger partial charge is 0.327 e. The lowest BCUT2D eigenvalue weighted by Crippen LogP contribution is -2.45. The summed E-state index contributed by atoms with van der Waals surface area (Å²) < 4.78 is 26.5. The van der Waals surface area contributed by atoms with E-state index in [0.29, 0.717) is 0 Å². The first-order valence-electron chi connectivity index (χ1n) is 5.26. The molecule has 0 unspecified atom stereocenters. The molecule has 2 N–H and O–H groups in total. The molecule has 14 heavy (non-hydrogen) atoms. The molecule has 2 rings (SSSR count). The van der Waals surface area contributed by atoms with Crippen molar-refractivity contribution in [2.45, 2.75) is 37.6 Å². The van der Waals surface area contributed by atoms with E-state index in [1.807, 2.05) is 7.05 Å². The maximum absolute atomic E-state index is 13.2. The van der Waals surface area contributed by atoms with Gasteiger partial charge in [-0.15, -0.1) is 0 Å². The van der Waals surface area contributed by atoms with Crippen molar-refractivity contribution in [1.29, 1.82) is 0 Å². The van der Waals surface area contributed by atoms with Gasteiger partial charge in [-0.25, -0.2) is 8.78 Å². The summed E-state index contributed by atoms with van der Waals surface area (Å²) in [5.74, 6) is -2.52. The third-order valence-corrected chi connectivity index (χ3v) is 3.90. The first kappa shape index (κ1) is 10.3. The second-order valence-electron chi connectivity index (χ2n) is 5.01. The maximum Gasteiger partial charge on any atom is 0.250 e. The summed E-state index contributed by atoms with van der Waals surface area (Å²) in [6, 6.07) is -0.300. The Labute approximate surface area is 83.4 Å². The Bertz CT molecular complexity index is 222. The van der Waals surface area contributed by atoms with Gasteiger partial charge in [-0.2, -0.15) is 0 Å². The molecule has 82 valence electrons. The zero-order chi connectivity index (χ0) is 10.4. The van der Waals surface area contributed by atoms with Crippen LogP contribution in [0.15, 0.2) is 0 Å². The second-order valence-corrected chi connectivity index (χ2v) is 5.01. The van der Waals surface area contributed by atoms with Gasteiger partial charge in [0, 0.05) is 18.9 Å². The van der Waals surface area contributed by atoms with Gasteiger partial charge in [-0.1, -0.05) is 0 Å². The van der Waals surface area contributed by atoms with E-state index in [1.54, 1.807) is 0 Å². The van der Waals surface area contributed by atoms with Crippen molar-refractivity contribution in [3.05, 3.63) is 0 Å². The Morgan fingerprint density at radius 3 is 2.29 bits per heavy atom. The molecular weight excluding hydrogens is 186 g/mol.